The van der Waals surface area contributed by atoms with Crippen LogP contribution in [0, 0.1) is 11.3 Å². The fourth-order valence-corrected chi connectivity index (χ4v) is 0. The maximum Gasteiger partial charge on any atom is 0.302 e. The van der Waals surface area contributed by atoms with Crippen molar-refractivity contribution < 1.29 is 23.3 Å². The molecule has 0 rings (SSSR count). The van der Waals surface area contributed by atoms with Crippen molar-refractivity contribution >= 4 is 51.5 Å². The van der Waals surface area contributed by atoms with E-state index < -0.39 is 10.8 Å². The molecule has 24 heavy (non-hydrogen) atoms. The van der Waals surface area contributed by atoms with Crippen molar-refractivity contribution in [3.8, 4) is 6.07 Å². The predicted octanol–water partition coefficient (Wildman–Crippen LogP) is 3.71. The van der Waals surface area contributed by atoms with Crippen LogP contribution in [0.4, 0.5) is 0 Å². The third-order valence-corrected chi connectivity index (χ3v) is 0.446. The second-order valence-electron chi connectivity index (χ2n) is 3.87. The summed E-state index contributed by atoms with van der Waals surface area (Å²) >= 11 is 9.53. The second kappa shape index (κ2) is 43.1. The van der Waals surface area contributed by atoms with Crippen LogP contribution in [0.2, 0.25) is 0 Å². The van der Waals surface area contributed by atoms with Crippen molar-refractivity contribution in [2.24, 2.45) is 0 Å². The Morgan fingerprint density at radius 3 is 1.08 bits per heavy atom. The van der Waals surface area contributed by atoms with Gasteiger partial charge >= 0.3 is 5.97 Å². The number of ketones is 2. The smallest absolute Gasteiger partial charge is 0.302 e. The van der Waals surface area contributed by atoms with Gasteiger partial charge in [-0.05, 0) is 27.7 Å². The SMILES string of the molecule is CC(C)=O.CC(C)=O.CCC#N.COC(C)=O.CS(C)=O.ClCCl. The standard InChI is InChI=1S/C3H5N.C3H6O2.2C3H6O.C2H6OS.CH2Cl2/c1-2-3-4;1-3(4)5-2;2*1-3(2)4;1-4(2)3;2-1-3/h2H2,1H3;1-2H3;3*1-2H3;1H2. The molecule has 0 saturated heterocycles. The molecule has 6 nitrogen and oxygen atoms in total. The average Bonchev–Trinajstić information content (AvgIpc) is 2.38. The van der Waals surface area contributed by atoms with E-state index in [9.17, 15) is 18.6 Å². The molecule has 0 aliphatic carbocycles. The van der Waals surface area contributed by atoms with E-state index in [1.807, 2.05) is 13.0 Å². The summed E-state index contributed by atoms with van der Waals surface area (Å²) in [6.07, 6.45) is 3.90. The Kier molecular flexibility index (Phi) is 69.3. The first-order chi connectivity index (χ1) is 10.8. The lowest BCUT2D eigenvalue weighted by Gasteiger charge is -1.80. The van der Waals surface area contributed by atoms with E-state index in [0.717, 1.165) is 0 Å². The number of hydrogen-bond acceptors (Lipinski definition) is 6. The number of rotatable bonds is 0. The molecule has 0 aromatic rings. The Morgan fingerprint density at radius 2 is 1.08 bits per heavy atom. The van der Waals surface area contributed by atoms with Gasteiger partial charge in [-0.1, -0.05) is 6.92 Å². The number of nitrogens with zero attached hydrogens (tertiary/aromatic N) is 1. The number of carbonyl (C=O) groups is 3. The summed E-state index contributed by atoms with van der Waals surface area (Å²) in [4.78, 5) is 28.5. The minimum atomic E-state index is -0.611. The highest BCUT2D eigenvalue weighted by atomic mass is 35.5. The number of Topliss-reactive ketones (excluding diaryl/α,β-unsaturated/α-hetero) is 2. The molecule has 0 amide bonds. The van der Waals surface area contributed by atoms with Crippen LogP contribution in [0.25, 0.3) is 0 Å². The summed E-state index contributed by atoms with van der Waals surface area (Å²) in [5, 5.41) is 7.82. The van der Waals surface area contributed by atoms with Crippen LogP contribution in [0.3, 0.4) is 0 Å². The van der Waals surface area contributed by atoms with Crippen LogP contribution in [0.1, 0.15) is 48.0 Å². The largest absolute Gasteiger partial charge is 0.469 e. The predicted molar refractivity (Wildman–Crippen MR) is 103 cm³/mol. The quantitative estimate of drug-likeness (QED) is 0.447. The van der Waals surface area contributed by atoms with E-state index in [2.05, 4.69) is 4.74 Å². The van der Waals surface area contributed by atoms with Crippen molar-refractivity contribution in [3.63, 3.8) is 0 Å². The van der Waals surface area contributed by atoms with Crippen molar-refractivity contribution in [1.29, 1.82) is 5.26 Å². The topological polar surface area (TPSA) is 101 Å². The van der Waals surface area contributed by atoms with Crippen molar-refractivity contribution in [3.05, 3.63) is 0 Å². The maximum atomic E-state index is 9.59. The van der Waals surface area contributed by atoms with Crippen LogP contribution in [0.15, 0.2) is 0 Å². The molecule has 0 aliphatic heterocycles. The molecule has 0 fully saturated rings. The Bertz CT molecular complexity index is 305. The van der Waals surface area contributed by atoms with Gasteiger partial charge in [0.15, 0.2) is 0 Å². The fraction of sp³-hybridized carbons (Fsp3) is 0.733. The van der Waals surface area contributed by atoms with Crippen LogP contribution in [0.5, 0.6) is 0 Å². The van der Waals surface area contributed by atoms with Gasteiger partial charge in [-0.2, -0.15) is 5.26 Å². The highest BCUT2D eigenvalue weighted by Gasteiger charge is 1.75. The lowest BCUT2D eigenvalue weighted by atomic mass is 10.6. The van der Waals surface area contributed by atoms with E-state index in [0.29, 0.717) is 6.42 Å². The molecule has 0 aromatic heterocycles. The molecule has 9 heteroatoms. The maximum absolute atomic E-state index is 9.59. The first-order valence-electron chi connectivity index (χ1n) is 6.53. The van der Waals surface area contributed by atoms with Gasteiger partial charge < -0.3 is 14.3 Å². The van der Waals surface area contributed by atoms with Gasteiger partial charge in [0, 0.05) is 36.7 Å². The number of esters is 1. The minimum absolute atomic E-state index is 0.167. The summed E-state index contributed by atoms with van der Waals surface area (Å²) in [5.41, 5.74) is 0. The van der Waals surface area contributed by atoms with E-state index >= 15 is 0 Å². The molecule has 0 atom stereocenters. The molecule has 0 spiro atoms. The number of methoxy groups -OCH3 is 1. The van der Waals surface area contributed by atoms with Crippen molar-refractivity contribution in [2.45, 2.75) is 48.0 Å². The molecule has 0 aromatic carbocycles. The average molecular weight is 408 g/mol. The van der Waals surface area contributed by atoms with Gasteiger partial charge in [-0.15, -0.1) is 23.2 Å². The summed E-state index contributed by atoms with van der Waals surface area (Å²) in [5.74, 6) is 0.0880. The van der Waals surface area contributed by atoms with Crippen LogP contribution >= 0.6 is 23.2 Å². The van der Waals surface area contributed by atoms with Crippen molar-refractivity contribution in [1.82, 2.24) is 0 Å². The summed E-state index contributed by atoms with van der Waals surface area (Å²) in [6.45, 7) is 9.29. The van der Waals surface area contributed by atoms with Crippen LogP contribution < -0.4 is 0 Å². The first-order valence-corrected chi connectivity index (χ1v) is 9.56. The van der Waals surface area contributed by atoms with E-state index in [4.69, 9.17) is 28.5 Å². The third kappa shape index (κ3) is 2050. The Balaban J connectivity index is -0.0000000408. The Labute approximate surface area is 159 Å². The molecule has 0 heterocycles. The number of ether oxygens (including phenoxy) is 1. The highest BCUT2D eigenvalue weighted by Crippen LogP contribution is 1.73. The molecule has 0 saturated carbocycles. The third-order valence-electron chi connectivity index (χ3n) is 0.446. The van der Waals surface area contributed by atoms with E-state index in [1.54, 1.807) is 12.5 Å². The van der Waals surface area contributed by atoms with Gasteiger partial charge in [-0.25, -0.2) is 0 Å². The monoisotopic (exact) mass is 407 g/mol. The molecule has 0 aliphatic rings. The highest BCUT2D eigenvalue weighted by molar-refractivity contribution is 7.83. The van der Waals surface area contributed by atoms with E-state index in [1.165, 1.54) is 41.7 Å². The van der Waals surface area contributed by atoms with Crippen LogP contribution in [-0.4, -0.2) is 46.7 Å². The number of hydrogen-bond donors (Lipinski definition) is 0. The summed E-state index contributed by atoms with van der Waals surface area (Å²) < 4.78 is 13.7. The molecule has 0 unspecified atom stereocenters. The zero-order chi connectivity index (χ0) is 21.1. The zero-order valence-corrected chi connectivity index (χ0v) is 18.4. The molecule has 146 valence electrons. The van der Waals surface area contributed by atoms with Gasteiger partial charge in [0.2, 0.25) is 0 Å². The van der Waals surface area contributed by atoms with Gasteiger partial charge in [0.05, 0.1) is 18.5 Å². The number of carbonyl (C=O) groups excluding carboxylic acids is 3. The lowest BCUT2D eigenvalue weighted by molar-refractivity contribution is -0.138. The number of halogens is 2. The first kappa shape index (κ1) is 38.5. The molecule has 0 radical (unpaired) electrons. The Morgan fingerprint density at radius 1 is 1.00 bits per heavy atom. The zero-order valence-electron chi connectivity index (χ0n) is 16.1. The number of alkyl halides is 2. The minimum Gasteiger partial charge on any atom is -0.469 e. The number of nitriles is 1. The van der Waals surface area contributed by atoms with Gasteiger partial charge in [-0.3, -0.25) is 9.00 Å². The molecule has 0 bridgehead atoms. The van der Waals surface area contributed by atoms with Gasteiger partial charge in [0.25, 0.3) is 0 Å². The van der Waals surface area contributed by atoms with E-state index in [-0.39, 0.29) is 22.9 Å². The van der Waals surface area contributed by atoms with Gasteiger partial charge in [0.1, 0.15) is 11.6 Å². The molecular formula is C15H31Cl2NO5S. The summed E-state index contributed by atoms with van der Waals surface area (Å²) in [7, 11) is 0.738. The molecular weight excluding hydrogens is 377 g/mol. The summed E-state index contributed by atoms with van der Waals surface area (Å²) in [6, 6.07) is 1.93. The second-order valence-corrected chi connectivity index (χ2v) is 6.16. The fourth-order valence-electron chi connectivity index (χ4n) is 0. The van der Waals surface area contributed by atoms with Crippen LogP contribution in [-0.2, 0) is 29.9 Å². The molecule has 0 N–H and O–H groups in total. The normalized spacial score (nSPS) is 6.62. The lowest BCUT2D eigenvalue weighted by Crippen LogP contribution is -1.88. The van der Waals surface area contributed by atoms with Crippen molar-refractivity contribution in [2.75, 3.05) is 25.0 Å². The Hall–Kier alpha value is -0.970.